The topological polar surface area (TPSA) is 85.8 Å². The van der Waals surface area contributed by atoms with Crippen molar-refractivity contribution >= 4 is 5.91 Å². The predicted molar refractivity (Wildman–Crippen MR) is 71.4 cm³/mol. The zero-order valence-electron chi connectivity index (χ0n) is 10.8. The maximum atomic E-state index is 11.3. The maximum absolute atomic E-state index is 11.3. The SMILES string of the molecule is Cn1cnnc1CCNCc1ccccc1C(N)=O. The molecule has 6 nitrogen and oxygen atoms in total. The molecule has 0 unspecified atom stereocenters. The minimum Gasteiger partial charge on any atom is -0.366 e. The van der Waals surface area contributed by atoms with E-state index in [9.17, 15) is 4.79 Å². The van der Waals surface area contributed by atoms with E-state index in [2.05, 4.69) is 15.5 Å². The average Bonchev–Trinajstić information content (AvgIpc) is 2.80. The van der Waals surface area contributed by atoms with Crippen molar-refractivity contribution in [3.8, 4) is 0 Å². The highest BCUT2D eigenvalue weighted by atomic mass is 16.1. The van der Waals surface area contributed by atoms with Crippen LogP contribution in [0.3, 0.4) is 0 Å². The fourth-order valence-corrected chi connectivity index (χ4v) is 1.87. The van der Waals surface area contributed by atoms with Crippen LogP contribution < -0.4 is 11.1 Å². The number of nitrogens with zero attached hydrogens (tertiary/aromatic N) is 3. The summed E-state index contributed by atoms with van der Waals surface area (Å²) in [6, 6.07) is 7.34. The molecule has 0 aliphatic rings. The second kappa shape index (κ2) is 6.10. The molecule has 3 N–H and O–H groups in total. The van der Waals surface area contributed by atoms with Gasteiger partial charge >= 0.3 is 0 Å². The normalized spacial score (nSPS) is 10.6. The number of amides is 1. The lowest BCUT2D eigenvalue weighted by molar-refractivity contribution is 0.0999. The third-order valence-corrected chi connectivity index (χ3v) is 2.93. The van der Waals surface area contributed by atoms with Crippen molar-refractivity contribution in [3.63, 3.8) is 0 Å². The van der Waals surface area contributed by atoms with E-state index in [1.165, 1.54) is 0 Å². The van der Waals surface area contributed by atoms with E-state index in [4.69, 9.17) is 5.73 Å². The quantitative estimate of drug-likeness (QED) is 0.728. The molecule has 1 heterocycles. The van der Waals surface area contributed by atoms with Crippen molar-refractivity contribution in [1.29, 1.82) is 0 Å². The second-order valence-corrected chi connectivity index (χ2v) is 4.31. The van der Waals surface area contributed by atoms with Crippen LogP contribution >= 0.6 is 0 Å². The molecule has 19 heavy (non-hydrogen) atoms. The van der Waals surface area contributed by atoms with Gasteiger partial charge in [0.15, 0.2) is 0 Å². The molecule has 0 aliphatic heterocycles. The number of rotatable bonds is 6. The second-order valence-electron chi connectivity index (χ2n) is 4.31. The molecule has 0 saturated carbocycles. The lowest BCUT2D eigenvalue weighted by Gasteiger charge is -2.08. The van der Waals surface area contributed by atoms with Gasteiger partial charge in [0, 0.05) is 32.1 Å². The van der Waals surface area contributed by atoms with Gasteiger partial charge in [0.05, 0.1) is 0 Å². The van der Waals surface area contributed by atoms with Crippen molar-refractivity contribution in [2.45, 2.75) is 13.0 Å². The Hall–Kier alpha value is -2.21. The molecule has 1 amide bonds. The summed E-state index contributed by atoms with van der Waals surface area (Å²) in [5.41, 5.74) is 6.80. The number of aryl methyl sites for hydroxylation is 1. The Morgan fingerprint density at radius 1 is 1.42 bits per heavy atom. The molecular weight excluding hydrogens is 242 g/mol. The highest BCUT2D eigenvalue weighted by molar-refractivity contribution is 5.94. The molecule has 1 aromatic carbocycles. The van der Waals surface area contributed by atoms with Crippen molar-refractivity contribution in [3.05, 3.63) is 47.5 Å². The lowest BCUT2D eigenvalue weighted by atomic mass is 10.1. The number of carbonyl (C=O) groups excluding carboxylic acids is 1. The smallest absolute Gasteiger partial charge is 0.249 e. The van der Waals surface area contributed by atoms with E-state index in [1.54, 1.807) is 12.4 Å². The number of carbonyl (C=O) groups is 1. The van der Waals surface area contributed by atoms with Crippen LogP contribution in [-0.2, 0) is 20.0 Å². The molecule has 0 bridgehead atoms. The van der Waals surface area contributed by atoms with Crippen molar-refractivity contribution in [1.82, 2.24) is 20.1 Å². The Morgan fingerprint density at radius 2 is 2.21 bits per heavy atom. The van der Waals surface area contributed by atoms with Crippen LogP contribution in [0, 0.1) is 0 Å². The van der Waals surface area contributed by atoms with E-state index >= 15 is 0 Å². The number of hydrogen-bond donors (Lipinski definition) is 2. The summed E-state index contributed by atoms with van der Waals surface area (Å²) < 4.78 is 1.89. The summed E-state index contributed by atoms with van der Waals surface area (Å²) in [4.78, 5) is 11.3. The highest BCUT2D eigenvalue weighted by Gasteiger charge is 2.06. The number of nitrogens with one attached hydrogen (secondary N) is 1. The molecule has 0 fully saturated rings. The van der Waals surface area contributed by atoms with Gasteiger partial charge < -0.3 is 15.6 Å². The lowest BCUT2D eigenvalue weighted by Crippen LogP contribution is -2.21. The Balaban J connectivity index is 1.86. The molecule has 0 spiro atoms. The van der Waals surface area contributed by atoms with Crippen LogP contribution in [0.4, 0.5) is 0 Å². The van der Waals surface area contributed by atoms with E-state index < -0.39 is 5.91 Å². The summed E-state index contributed by atoms with van der Waals surface area (Å²) in [5.74, 6) is 0.529. The summed E-state index contributed by atoms with van der Waals surface area (Å²) in [7, 11) is 1.91. The van der Waals surface area contributed by atoms with Crippen LogP contribution in [0.1, 0.15) is 21.7 Å². The van der Waals surface area contributed by atoms with Crippen LogP contribution in [-0.4, -0.2) is 27.2 Å². The van der Waals surface area contributed by atoms with Gasteiger partial charge in [-0.05, 0) is 11.6 Å². The predicted octanol–water partition coefficient (Wildman–Crippen LogP) is 0.246. The van der Waals surface area contributed by atoms with Gasteiger partial charge in [0.2, 0.25) is 5.91 Å². The Morgan fingerprint density at radius 3 is 2.89 bits per heavy atom. The summed E-state index contributed by atoms with van der Waals surface area (Å²) in [5, 5.41) is 11.1. The monoisotopic (exact) mass is 259 g/mol. The Bertz CT molecular complexity index is 564. The highest BCUT2D eigenvalue weighted by Crippen LogP contribution is 2.07. The maximum Gasteiger partial charge on any atom is 0.249 e. The number of hydrogen-bond acceptors (Lipinski definition) is 4. The zero-order chi connectivity index (χ0) is 13.7. The molecule has 100 valence electrons. The van der Waals surface area contributed by atoms with Crippen LogP contribution in [0.25, 0.3) is 0 Å². The summed E-state index contributed by atoms with van der Waals surface area (Å²) in [6.07, 6.45) is 2.47. The number of benzene rings is 1. The summed E-state index contributed by atoms with van der Waals surface area (Å²) >= 11 is 0. The summed E-state index contributed by atoms with van der Waals surface area (Å²) in [6.45, 7) is 1.37. The van der Waals surface area contributed by atoms with Crippen molar-refractivity contribution < 1.29 is 4.79 Å². The standard InChI is InChI=1S/C13H17N5O/c1-18-9-16-17-12(18)6-7-15-8-10-4-2-3-5-11(10)13(14)19/h2-5,9,15H,6-8H2,1H3,(H2,14,19). The third-order valence-electron chi connectivity index (χ3n) is 2.93. The van der Waals surface area contributed by atoms with E-state index in [0.717, 1.165) is 24.4 Å². The van der Waals surface area contributed by atoms with Gasteiger partial charge in [0.25, 0.3) is 0 Å². The Kier molecular flexibility index (Phi) is 4.25. The van der Waals surface area contributed by atoms with Crippen LogP contribution in [0.5, 0.6) is 0 Å². The van der Waals surface area contributed by atoms with Gasteiger partial charge in [-0.3, -0.25) is 4.79 Å². The van der Waals surface area contributed by atoms with Crippen molar-refractivity contribution in [2.24, 2.45) is 12.8 Å². The molecule has 1 aromatic heterocycles. The van der Waals surface area contributed by atoms with Gasteiger partial charge in [-0.25, -0.2) is 0 Å². The fraction of sp³-hybridized carbons (Fsp3) is 0.308. The fourth-order valence-electron chi connectivity index (χ4n) is 1.87. The number of aromatic nitrogens is 3. The first-order chi connectivity index (χ1) is 9.18. The molecule has 2 aromatic rings. The van der Waals surface area contributed by atoms with Crippen LogP contribution in [0.15, 0.2) is 30.6 Å². The molecule has 6 heteroatoms. The zero-order valence-corrected chi connectivity index (χ0v) is 10.8. The Labute approximate surface area is 111 Å². The first kappa shape index (κ1) is 13.2. The minimum absolute atomic E-state index is 0.397. The first-order valence-electron chi connectivity index (χ1n) is 6.10. The molecule has 2 rings (SSSR count). The van der Waals surface area contributed by atoms with E-state index in [-0.39, 0.29) is 0 Å². The molecule has 0 saturated heterocycles. The van der Waals surface area contributed by atoms with E-state index in [1.807, 2.05) is 29.8 Å². The third kappa shape index (κ3) is 3.38. The van der Waals surface area contributed by atoms with Gasteiger partial charge in [0.1, 0.15) is 12.2 Å². The molecule has 0 aliphatic carbocycles. The van der Waals surface area contributed by atoms with E-state index in [0.29, 0.717) is 12.1 Å². The van der Waals surface area contributed by atoms with Crippen molar-refractivity contribution in [2.75, 3.05) is 6.54 Å². The molecule has 0 radical (unpaired) electrons. The van der Waals surface area contributed by atoms with Gasteiger partial charge in [-0.15, -0.1) is 10.2 Å². The largest absolute Gasteiger partial charge is 0.366 e. The van der Waals surface area contributed by atoms with Gasteiger partial charge in [-0.1, -0.05) is 18.2 Å². The molecular formula is C13H17N5O. The average molecular weight is 259 g/mol. The van der Waals surface area contributed by atoms with Gasteiger partial charge in [-0.2, -0.15) is 0 Å². The molecule has 0 atom stereocenters. The minimum atomic E-state index is -0.397. The number of primary amides is 1. The van der Waals surface area contributed by atoms with Crippen LogP contribution in [0.2, 0.25) is 0 Å². The number of nitrogens with two attached hydrogens (primary N) is 1. The first-order valence-corrected chi connectivity index (χ1v) is 6.10.